The molecule has 1 aliphatic rings. The Hall–Kier alpha value is -3.03. The second-order valence-corrected chi connectivity index (χ2v) is 6.05. The van der Waals surface area contributed by atoms with E-state index in [0.717, 1.165) is 0 Å². The predicted molar refractivity (Wildman–Crippen MR) is 77.4 cm³/mol. The Morgan fingerprint density at radius 1 is 1.09 bits per heavy atom. The minimum absolute atomic E-state index is 0.0866. The van der Waals surface area contributed by atoms with Crippen LogP contribution in [0, 0.1) is 0 Å². The number of aromatic nitrogens is 3. The number of imide groups is 1. The minimum atomic E-state index is -0.921. The van der Waals surface area contributed by atoms with Crippen LogP contribution in [0.1, 0.15) is 52.0 Å². The maximum atomic E-state index is 12.1. The molecule has 2 aromatic rings. The van der Waals surface area contributed by atoms with Crippen LogP contribution in [-0.2, 0) is 10.4 Å². The molecule has 0 atom stereocenters. The van der Waals surface area contributed by atoms with Crippen LogP contribution in [0.5, 0.6) is 0 Å². The quantitative estimate of drug-likeness (QED) is 0.778. The third-order valence-electron chi connectivity index (χ3n) is 3.32. The lowest BCUT2D eigenvalue weighted by Gasteiger charge is -2.17. The summed E-state index contributed by atoms with van der Waals surface area (Å²) in [6.45, 7) is 5.67. The van der Waals surface area contributed by atoms with Crippen molar-refractivity contribution in [1.82, 2.24) is 20.1 Å². The molecular formula is C15H14N4O4. The van der Waals surface area contributed by atoms with E-state index in [0.29, 0.717) is 5.06 Å². The second kappa shape index (κ2) is 5.01. The molecule has 23 heavy (non-hydrogen) atoms. The van der Waals surface area contributed by atoms with Crippen LogP contribution < -0.4 is 0 Å². The second-order valence-electron chi connectivity index (χ2n) is 6.05. The fourth-order valence-corrected chi connectivity index (χ4v) is 2.06. The lowest BCUT2D eigenvalue weighted by Crippen LogP contribution is -2.32. The number of carbonyl (C=O) groups excluding carboxylic acids is 3. The molecule has 2 amide bonds. The zero-order valence-electron chi connectivity index (χ0n) is 12.8. The molecule has 2 heterocycles. The molecule has 0 radical (unpaired) electrons. The summed E-state index contributed by atoms with van der Waals surface area (Å²) in [5.41, 5.74) is -0.0510. The summed E-state index contributed by atoms with van der Waals surface area (Å²) in [5.74, 6) is -2.28. The maximum Gasteiger partial charge on any atom is 0.385 e. The highest BCUT2D eigenvalue weighted by atomic mass is 16.7. The van der Waals surface area contributed by atoms with Gasteiger partial charge in [0.05, 0.1) is 22.9 Å². The zero-order chi connectivity index (χ0) is 16.8. The van der Waals surface area contributed by atoms with Crippen molar-refractivity contribution in [3.63, 3.8) is 0 Å². The van der Waals surface area contributed by atoms with Gasteiger partial charge in [-0.25, -0.2) is 9.48 Å². The fraction of sp³-hybridized carbons (Fsp3) is 0.267. The lowest BCUT2D eigenvalue weighted by molar-refractivity contribution is -0.0588. The first kappa shape index (κ1) is 14.9. The number of nitrogens with zero attached hydrogens (tertiary/aromatic N) is 4. The van der Waals surface area contributed by atoms with E-state index in [4.69, 9.17) is 4.84 Å². The van der Waals surface area contributed by atoms with E-state index in [1.54, 1.807) is 12.1 Å². The highest BCUT2D eigenvalue weighted by Gasteiger charge is 2.39. The molecule has 8 heteroatoms. The fourth-order valence-electron chi connectivity index (χ4n) is 2.06. The number of hydrogen-bond acceptors (Lipinski definition) is 6. The Morgan fingerprint density at radius 2 is 1.65 bits per heavy atom. The van der Waals surface area contributed by atoms with Crippen LogP contribution in [0.15, 0.2) is 30.5 Å². The molecule has 0 bridgehead atoms. The first-order valence-electron chi connectivity index (χ1n) is 6.92. The van der Waals surface area contributed by atoms with Gasteiger partial charge in [-0.15, -0.1) is 5.10 Å². The lowest BCUT2D eigenvalue weighted by atomic mass is 10.1. The van der Waals surface area contributed by atoms with E-state index in [-0.39, 0.29) is 22.4 Å². The van der Waals surface area contributed by atoms with Crippen LogP contribution in [0.4, 0.5) is 0 Å². The van der Waals surface area contributed by atoms with Gasteiger partial charge in [-0.05, 0) is 32.9 Å². The number of amides is 2. The van der Waals surface area contributed by atoms with E-state index < -0.39 is 17.8 Å². The van der Waals surface area contributed by atoms with Crippen molar-refractivity contribution >= 4 is 17.8 Å². The summed E-state index contributed by atoms with van der Waals surface area (Å²) in [6.07, 6.45) is 1.40. The van der Waals surface area contributed by atoms with Gasteiger partial charge >= 0.3 is 5.97 Å². The van der Waals surface area contributed by atoms with Crippen LogP contribution in [0.3, 0.4) is 0 Å². The third-order valence-corrected chi connectivity index (χ3v) is 3.32. The van der Waals surface area contributed by atoms with Gasteiger partial charge in [-0.3, -0.25) is 9.59 Å². The SMILES string of the molecule is CC(C)(C)n1cc(C(=O)ON2C(=O)c3ccccc3C2=O)nn1. The number of benzene rings is 1. The van der Waals surface area contributed by atoms with E-state index >= 15 is 0 Å². The van der Waals surface area contributed by atoms with E-state index in [9.17, 15) is 14.4 Å². The summed E-state index contributed by atoms with van der Waals surface area (Å²) in [6, 6.07) is 6.26. The Labute approximate surface area is 131 Å². The topological polar surface area (TPSA) is 94.4 Å². The van der Waals surface area contributed by atoms with Crippen molar-refractivity contribution in [2.75, 3.05) is 0 Å². The monoisotopic (exact) mass is 314 g/mol. The number of rotatable bonds is 2. The third kappa shape index (κ3) is 2.48. The normalized spacial score (nSPS) is 14.1. The van der Waals surface area contributed by atoms with Gasteiger partial charge in [0, 0.05) is 0 Å². The van der Waals surface area contributed by atoms with Crippen LogP contribution in [-0.4, -0.2) is 37.8 Å². The van der Waals surface area contributed by atoms with Gasteiger partial charge in [-0.2, -0.15) is 0 Å². The summed E-state index contributed by atoms with van der Waals surface area (Å²) in [4.78, 5) is 41.3. The number of fused-ring (bicyclic) bond motifs is 1. The Balaban J connectivity index is 1.81. The van der Waals surface area contributed by atoms with Crippen molar-refractivity contribution in [2.24, 2.45) is 0 Å². The van der Waals surface area contributed by atoms with E-state index in [1.807, 2.05) is 20.8 Å². The number of carbonyl (C=O) groups is 3. The van der Waals surface area contributed by atoms with Crippen molar-refractivity contribution in [1.29, 1.82) is 0 Å². The molecule has 8 nitrogen and oxygen atoms in total. The predicted octanol–water partition coefficient (Wildman–Crippen LogP) is 1.40. The van der Waals surface area contributed by atoms with Gasteiger partial charge in [0.25, 0.3) is 11.8 Å². The molecule has 3 rings (SSSR count). The van der Waals surface area contributed by atoms with E-state index in [1.165, 1.54) is 23.0 Å². The Bertz CT molecular complexity index is 784. The van der Waals surface area contributed by atoms with E-state index in [2.05, 4.69) is 10.3 Å². The first-order chi connectivity index (χ1) is 10.8. The summed E-state index contributed by atoms with van der Waals surface area (Å²) in [5, 5.41) is 8.00. The standard InChI is InChI=1S/C15H14N4O4/c1-15(2,3)18-8-11(16-17-18)14(22)23-19-12(20)9-6-4-5-7-10(9)13(19)21/h4-8H,1-3H3. The van der Waals surface area contributed by atoms with Crippen molar-refractivity contribution < 1.29 is 19.2 Å². The average molecular weight is 314 g/mol. The molecule has 0 fully saturated rings. The van der Waals surface area contributed by atoms with Crippen molar-refractivity contribution in [3.05, 3.63) is 47.3 Å². The maximum absolute atomic E-state index is 12.1. The summed E-state index contributed by atoms with van der Waals surface area (Å²) >= 11 is 0. The van der Waals surface area contributed by atoms with Gasteiger partial charge in [0.15, 0.2) is 5.69 Å². The highest BCUT2D eigenvalue weighted by molar-refractivity contribution is 6.21. The van der Waals surface area contributed by atoms with Gasteiger partial charge < -0.3 is 4.84 Å². The molecule has 1 aromatic heterocycles. The molecule has 0 saturated heterocycles. The Morgan fingerprint density at radius 3 is 2.13 bits per heavy atom. The molecule has 1 aromatic carbocycles. The molecule has 0 spiro atoms. The van der Waals surface area contributed by atoms with Crippen LogP contribution in [0.25, 0.3) is 0 Å². The largest absolute Gasteiger partial charge is 0.385 e. The Kier molecular flexibility index (Phi) is 3.24. The number of hydrogen-bond donors (Lipinski definition) is 0. The smallest absolute Gasteiger partial charge is 0.322 e. The molecule has 0 aliphatic carbocycles. The summed E-state index contributed by atoms with van der Waals surface area (Å²) in [7, 11) is 0. The molecule has 118 valence electrons. The first-order valence-corrected chi connectivity index (χ1v) is 6.92. The van der Waals surface area contributed by atoms with Crippen LogP contribution in [0.2, 0.25) is 0 Å². The molecule has 0 N–H and O–H groups in total. The van der Waals surface area contributed by atoms with Crippen molar-refractivity contribution in [2.45, 2.75) is 26.3 Å². The molecule has 0 unspecified atom stereocenters. The van der Waals surface area contributed by atoms with Crippen molar-refractivity contribution in [3.8, 4) is 0 Å². The number of hydroxylamine groups is 2. The molecule has 1 aliphatic heterocycles. The average Bonchev–Trinajstić information content (AvgIpc) is 3.08. The highest BCUT2D eigenvalue weighted by Crippen LogP contribution is 2.23. The van der Waals surface area contributed by atoms with Gasteiger partial charge in [-0.1, -0.05) is 22.4 Å². The van der Waals surface area contributed by atoms with Crippen LogP contribution >= 0.6 is 0 Å². The zero-order valence-corrected chi connectivity index (χ0v) is 12.8. The van der Waals surface area contributed by atoms with Gasteiger partial charge in [0.1, 0.15) is 0 Å². The van der Waals surface area contributed by atoms with Gasteiger partial charge in [0.2, 0.25) is 0 Å². The minimum Gasteiger partial charge on any atom is -0.322 e. The molecule has 0 saturated carbocycles. The summed E-state index contributed by atoms with van der Waals surface area (Å²) < 4.78 is 1.49. The molecular weight excluding hydrogens is 300 g/mol.